The van der Waals surface area contributed by atoms with Crippen molar-refractivity contribution >= 4 is 14.5 Å². The van der Waals surface area contributed by atoms with Gasteiger partial charge in [0.05, 0.1) is 0 Å². The molecule has 1 saturated carbocycles. The predicted molar refractivity (Wildman–Crippen MR) is 57.2 cm³/mol. The maximum atomic E-state index is 6.27. The van der Waals surface area contributed by atoms with Gasteiger partial charge in [0, 0.05) is 6.10 Å². The molecule has 1 saturated heterocycles. The Labute approximate surface area is 86.6 Å². The normalized spacial score (nSPS) is 26.3. The van der Waals surface area contributed by atoms with Crippen molar-refractivity contribution in [2.75, 3.05) is 0 Å². The van der Waals surface area contributed by atoms with E-state index in [0.717, 1.165) is 0 Å². The molecule has 74 valence electrons. The van der Waals surface area contributed by atoms with E-state index in [1.807, 2.05) is 0 Å². The van der Waals surface area contributed by atoms with Crippen LogP contribution in [0.3, 0.4) is 0 Å². The van der Waals surface area contributed by atoms with Gasteiger partial charge in [-0.2, -0.15) is 0 Å². The lowest BCUT2D eigenvalue weighted by Crippen LogP contribution is -2.28. The minimum atomic E-state index is -0.699. The average Bonchev–Trinajstić information content (AvgIpc) is 2.21. The van der Waals surface area contributed by atoms with Crippen LogP contribution in [-0.4, -0.2) is 20.6 Å². The molecule has 0 aromatic rings. The first-order valence-corrected chi connectivity index (χ1v) is 8.21. The molecule has 1 nitrogen and oxygen atoms in total. The van der Waals surface area contributed by atoms with Crippen molar-refractivity contribution in [3.63, 3.8) is 0 Å². The Balaban J connectivity index is 1.69. The Morgan fingerprint density at radius 3 is 2.08 bits per heavy atom. The first-order valence-electron chi connectivity index (χ1n) is 6.10. The van der Waals surface area contributed by atoms with Crippen molar-refractivity contribution in [1.29, 1.82) is 0 Å². The van der Waals surface area contributed by atoms with Crippen molar-refractivity contribution in [1.82, 2.24) is 0 Å². The van der Waals surface area contributed by atoms with Crippen molar-refractivity contribution < 1.29 is 3.79 Å². The SMILES string of the molecule is C1CCC([O][Al]2[CH2]CCC[CH2]2)CC1. The van der Waals surface area contributed by atoms with Gasteiger partial charge in [-0.25, -0.2) is 0 Å². The summed E-state index contributed by atoms with van der Waals surface area (Å²) in [5.41, 5.74) is 0. The fraction of sp³-hybridized carbons (Fsp3) is 1.00. The third kappa shape index (κ3) is 3.28. The van der Waals surface area contributed by atoms with Gasteiger partial charge in [-0.15, -0.1) is 0 Å². The smallest absolute Gasteiger partial charge is 0.460 e. The molecule has 0 aromatic carbocycles. The highest BCUT2D eigenvalue weighted by Crippen LogP contribution is 2.26. The Morgan fingerprint density at radius 2 is 1.38 bits per heavy atom. The highest BCUT2D eigenvalue weighted by Gasteiger charge is 2.27. The van der Waals surface area contributed by atoms with Crippen LogP contribution < -0.4 is 0 Å². The average molecular weight is 196 g/mol. The van der Waals surface area contributed by atoms with Crippen molar-refractivity contribution in [3.8, 4) is 0 Å². The van der Waals surface area contributed by atoms with E-state index in [9.17, 15) is 0 Å². The lowest BCUT2D eigenvalue weighted by atomic mass is 9.98. The second-order valence-corrected chi connectivity index (χ2v) is 7.33. The molecule has 0 amide bonds. The molecule has 13 heavy (non-hydrogen) atoms. The summed E-state index contributed by atoms with van der Waals surface area (Å²) in [6.45, 7) is 0. The molecule has 0 unspecified atom stereocenters. The van der Waals surface area contributed by atoms with E-state index in [-0.39, 0.29) is 0 Å². The topological polar surface area (TPSA) is 9.23 Å². The Morgan fingerprint density at radius 1 is 0.769 bits per heavy atom. The van der Waals surface area contributed by atoms with Gasteiger partial charge in [0.25, 0.3) is 0 Å². The first kappa shape index (κ1) is 10.0. The van der Waals surface area contributed by atoms with E-state index < -0.39 is 14.5 Å². The zero-order valence-electron chi connectivity index (χ0n) is 8.63. The van der Waals surface area contributed by atoms with Gasteiger partial charge in [0.15, 0.2) is 0 Å². The van der Waals surface area contributed by atoms with Crippen LogP contribution in [0, 0.1) is 0 Å². The first-order chi connectivity index (χ1) is 6.45. The molecule has 0 atom stereocenters. The third-order valence-corrected chi connectivity index (χ3v) is 6.36. The minimum absolute atomic E-state index is 0.684. The summed E-state index contributed by atoms with van der Waals surface area (Å²) in [4.78, 5) is 0. The van der Waals surface area contributed by atoms with Crippen LogP contribution in [0.25, 0.3) is 0 Å². The van der Waals surface area contributed by atoms with Crippen molar-refractivity contribution in [3.05, 3.63) is 0 Å². The molecular weight excluding hydrogens is 175 g/mol. The molecule has 2 aliphatic rings. The minimum Gasteiger partial charge on any atom is -0.498 e. The highest BCUT2D eigenvalue weighted by atomic mass is 27.2. The number of rotatable bonds is 2. The molecular formula is C11H21AlO. The van der Waals surface area contributed by atoms with Crippen LogP contribution in [0.2, 0.25) is 10.6 Å². The zero-order chi connectivity index (χ0) is 8.93. The maximum absolute atomic E-state index is 6.27. The van der Waals surface area contributed by atoms with E-state index in [0.29, 0.717) is 6.10 Å². The molecule has 0 N–H and O–H groups in total. The van der Waals surface area contributed by atoms with Crippen LogP contribution >= 0.6 is 0 Å². The van der Waals surface area contributed by atoms with E-state index in [4.69, 9.17) is 3.79 Å². The second kappa shape index (κ2) is 5.39. The lowest BCUT2D eigenvalue weighted by Gasteiger charge is -2.28. The monoisotopic (exact) mass is 196 g/mol. The van der Waals surface area contributed by atoms with Gasteiger partial charge < -0.3 is 3.79 Å². The molecule has 1 aliphatic heterocycles. The molecule has 2 rings (SSSR count). The molecule has 0 bridgehead atoms. The van der Waals surface area contributed by atoms with Gasteiger partial charge >= 0.3 is 14.5 Å². The van der Waals surface area contributed by atoms with Gasteiger partial charge in [-0.1, -0.05) is 49.1 Å². The van der Waals surface area contributed by atoms with E-state index in [1.165, 1.54) is 61.9 Å². The largest absolute Gasteiger partial charge is 0.498 e. The van der Waals surface area contributed by atoms with E-state index in [1.54, 1.807) is 0 Å². The van der Waals surface area contributed by atoms with Gasteiger partial charge in [0.2, 0.25) is 0 Å². The maximum Gasteiger partial charge on any atom is 0.460 e. The van der Waals surface area contributed by atoms with Crippen LogP contribution in [0.15, 0.2) is 0 Å². The molecule has 2 heteroatoms. The zero-order valence-corrected chi connectivity index (χ0v) is 9.79. The van der Waals surface area contributed by atoms with Gasteiger partial charge in [-0.3, -0.25) is 0 Å². The molecule has 0 spiro atoms. The molecule has 1 aliphatic carbocycles. The summed E-state index contributed by atoms with van der Waals surface area (Å²) in [7, 11) is 0. The fourth-order valence-electron chi connectivity index (χ4n) is 2.67. The lowest BCUT2D eigenvalue weighted by molar-refractivity contribution is 0.150. The third-order valence-electron chi connectivity index (χ3n) is 3.49. The molecule has 0 radical (unpaired) electrons. The standard InChI is InChI=1S/C6H11O.C5H10.Al/c7-6-4-2-1-3-5-6;1-3-5-4-2;/h6H,1-5H2;1-5H2;/q-1;;+1. The Kier molecular flexibility index (Phi) is 4.16. The number of hydrogen-bond donors (Lipinski definition) is 0. The molecule has 1 heterocycles. The van der Waals surface area contributed by atoms with E-state index >= 15 is 0 Å². The Hall–Kier alpha value is 0.492. The summed E-state index contributed by atoms with van der Waals surface area (Å²) in [5, 5.41) is 2.94. The van der Waals surface area contributed by atoms with Crippen LogP contribution in [-0.2, 0) is 3.79 Å². The summed E-state index contributed by atoms with van der Waals surface area (Å²) in [5.74, 6) is 0. The number of hydrogen-bond acceptors (Lipinski definition) is 1. The highest BCUT2D eigenvalue weighted by molar-refractivity contribution is 6.52. The van der Waals surface area contributed by atoms with Crippen LogP contribution in [0.4, 0.5) is 0 Å². The fourth-order valence-corrected chi connectivity index (χ4v) is 5.54. The summed E-state index contributed by atoms with van der Waals surface area (Å²) >= 11 is -0.699. The summed E-state index contributed by atoms with van der Waals surface area (Å²) in [6.07, 6.45) is 12.1. The van der Waals surface area contributed by atoms with Crippen LogP contribution in [0.1, 0.15) is 51.4 Å². The van der Waals surface area contributed by atoms with Crippen molar-refractivity contribution in [2.45, 2.75) is 68.0 Å². The summed E-state index contributed by atoms with van der Waals surface area (Å²) in [6, 6.07) is 0. The molecule has 0 aromatic heterocycles. The van der Waals surface area contributed by atoms with Crippen molar-refractivity contribution in [2.24, 2.45) is 0 Å². The summed E-state index contributed by atoms with van der Waals surface area (Å²) < 4.78 is 6.27. The Bertz CT molecular complexity index is 121. The van der Waals surface area contributed by atoms with Gasteiger partial charge in [0.1, 0.15) is 0 Å². The van der Waals surface area contributed by atoms with Crippen LogP contribution in [0.5, 0.6) is 0 Å². The van der Waals surface area contributed by atoms with Gasteiger partial charge in [-0.05, 0) is 12.8 Å². The predicted octanol–water partition coefficient (Wildman–Crippen LogP) is 3.51. The van der Waals surface area contributed by atoms with E-state index in [2.05, 4.69) is 0 Å². The quantitative estimate of drug-likeness (QED) is 0.614. The molecule has 2 fully saturated rings. The second-order valence-electron chi connectivity index (χ2n) is 4.66.